The molecule has 0 aromatic heterocycles. The van der Waals surface area contributed by atoms with Gasteiger partial charge in [0.1, 0.15) is 0 Å². The molecule has 124 valence electrons. The number of ether oxygens (including phenoxy) is 2. The first-order chi connectivity index (χ1) is 11.3. The zero-order valence-corrected chi connectivity index (χ0v) is 13.4. The highest BCUT2D eigenvalue weighted by Gasteiger charge is 2.45. The van der Waals surface area contributed by atoms with Crippen LogP contribution in [-0.4, -0.2) is 67.3 Å². The van der Waals surface area contributed by atoms with Gasteiger partial charge in [0.25, 0.3) is 0 Å². The van der Waals surface area contributed by atoms with Crippen molar-refractivity contribution in [3.05, 3.63) is 35.9 Å². The van der Waals surface area contributed by atoms with Crippen molar-refractivity contribution in [2.75, 3.05) is 39.4 Å². The Bertz CT molecular complexity index is 544. The van der Waals surface area contributed by atoms with Crippen LogP contribution in [0.5, 0.6) is 0 Å². The van der Waals surface area contributed by atoms with E-state index in [1.165, 1.54) is 5.56 Å². The average Bonchev–Trinajstić information content (AvgIpc) is 2.90. The van der Waals surface area contributed by atoms with E-state index < -0.39 is 0 Å². The quantitative estimate of drug-likeness (QED) is 0.838. The number of nitrogens with zero attached hydrogens (tertiary/aromatic N) is 2. The lowest BCUT2D eigenvalue weighted by molar-refractivity contribution is -0.142. The molecule has 0 unspecified atom stereocenters. The van der Waals surface area contributed by atoms with Gasteiger partial charge in [-0.1, -0.05) is 30.3 Å². The molecule has 1 aromatic carbocycles. The van der Waals surface area contributed by atoms with E-state index in [0.717, 1.165) is 39.1 Å². The fourth-order valence-corrected chi connectivity index (χ4v) is 3.99. The number of hydrogen-bond donors (Lipinski definition) is 0. The fraction of sp³-hybridized carbons (Fsp3) is 0.611. The summed E-state index contributed by atoms with van der Waals surface area (Å²) in [6, 6.07) is 10.5. The molecule has 3 aliphatic rings. The van der Waals surface area contributed by atoms with Gasteiger partial charge in [-0.25, -0.2) is 0 Å². The van der Waals surface area contributed by atoms with E-state index >= 15 is 0 Å². The first-order valence-corrected chi connectivity index (χ1v) is 8.58. The predicted octanol–water partition coefficient (Wildman–Crippen LogP) is 1.13. The lowest BCUT2D eigenvalue weighted by atomic mass is 9.98. The number of hydrogen-bond acceptors (Lipinski definition) is 4. The van der Waals surface area contributed by atoms with Crippen LogP contribution < -0.4 is 0 Å². The first-order valence-electron chi connectivity index (χ1n) is 8.58. The lowest BCUT2D eigenvalue weighted by Gasteiger charge is -2.34. The van der Waals surface area contributed by atoms with Crippen molar-refractivity contribution in [3.63, 3.8) is 0 Å². The Kier molecular flexibility index (Phi) is 4.33. The predicted molar refractivity (Wildman–Crippen MR) is 85.9 cm³/mol. The maximum absolute atomic E-state index is 12.8. The first kappa shape index (κ1) is 15.1. The zero-order valence-electron chi connectivity index (χ0n) is 13.4. The minimum atomic E-state index is 0.0267. The minimum absolute atomic E-state index is 0.0267. The smallest absolute Gasteiger partial charge is 0.228 e. The fourth-order valence-electron chi connectivity index (χ4n) is 3.99. The van der Waals surface area contributed by atoms with Crippen LogP contribution in [0, 0.1) is 5.92 Å². The third-order valence-corrected chi connectivity index (χ3v) is 5.12. The van der Waals surface area contributed by atoms with Crippen molar-refractivity contribution >= 4 is 5.91 Å². The van der Waals surface area contributed by atoms with Gasteiger partial charge in [-0.3, -0.25) is 9.69 Å². The second-order valence-electron chi connectivity index (χ2n) is 6.76. The molecule has 0 aliphatic carbocycles. The Labute approximate surface area is 137 Å². The minimum Gasteiger partial charge on any atom is -0.378 e. The summed E-state index contributed by atoms with van der Waals surface area (Å²) in [6.45, 7) is 5.49. The van der Waals surface area contributed by atoms with E-state index in [-0.39, 0.29) is 24.0 Å². The number of rotatable bonds is 3. The van der Waals surface area contributed by atoms with Crippen molar-refractivity contribution in [1.82, 2.24) is 9.80 Å². The number of likely N-dealkylation sites (tertiary alicyclic amines) is 1. The Hall–Kier alpha value is -1.43. The summed E-state index contributed by atoms with van der Waals surface area (Å²) >= 11 is 0. The number of benzene rings is 1. The maximum Gasteiger partial charge on any atom is 0.228 e. The Morgan fingerprint density at radius 1 is 1.13 bits per heavy atom. The highest BCUT2D eigenvalue weighted by Crippen LogP contribution is 2.33. The molecule has 1 amide bonds. The van der Waals surface area contributed by atoms with Crippen molar-refractivity contribution < 1.29 is 14.3 Å². The number of morpholine rings is 2. The average molecular weight is 316 g/mol. The standard InChI is InChI=1S/C18H24N2O3/c21-18(20-6-8-22-9-7-20)16-10-15-12-19(13-17(16)23-15)11-14-4-2-1-3-5-14/h1-5,15-17H,6-13H2/t15-,16+,17-/m0/s1. The van der Waals surface area contributed by atoms with Crippen LogP contribution in [0.25, 0.3) is 0 Å². The number of carbonyl (C=O) groups excluding carboxylic acids is 1. The zero-order chi connectivity index (χ0) is 15.6. The number of carbonyl (C=O) groups is 1. The Balaban J connectivity index is 1.39. The summed E-state index contributed by atoms with van der Waals surface area (Å²) in [5, 5.41) is 0. The molecule has 0 radical (unpaired) electrons. The Morgan fingerprint density at radius 2 is 1.91 bits per heavy atom. The molecule has 3 fully saturated rings. The van der Waals surface area contributed by atoms with E-state index in [2.05, 4.69) is 29.2 Å². The van der Waals surface area contributed by atoms with Crippen LogP contribution in [0.3, 0.4) is 0 Å². The highest BCUT2D eigenvalue weighted by atomic mass is 16.5. The van der Waals surface area contributed by atoms with Crippen LogP contribution >= 0.6 is 0 Å². The second kappa shape index (κ2) is 6.59. The van der Waals surface area contributed by atoms with Crippen molar-refractivity contribution in [2.45, 2.75) is 25.2 Å². The topological polar surface area (TPSA) is 42.0 Å². The second-order valence-corrected chi connectivity index (χ2v) is 6.76. The van der Waals surface area contributed by atoms with E-state index in [4.69, 9.17) is 9.47 Å². The number of amides is 1. The van der Waals surface area contributed by atoms with Crippen molar-refractivity contribution in [2.24, 2.45) is 5.92 Å². The van der Waals surface area contributed by atoms with Crippen LogP contribution in [-0.2, 0) is 20.8 Å². The van der Waals surface area contributed by atoms with Crippen LogP contribution in [0.15, 0.2) is 30.3 Å². The molecule has 0 N–H and O–H groups in total. The van der Waals surface area contributed by atoms with Crippen molar-refractivity contribution in [1.29, 1.82) is 0 Å². The monoisotopic (exact) mass is 316 g/mol. The van der Waals surface area contributed by atoms with Crippen LogP contribution in [0.1, 0.15) is 12.0 Å². The van der Waals surface area contributed by atoms with Crippen LogP contribution in [0.4, 0.5) is 0 Å². The maximum atomic E-state index is 12.8. The molecule has 3 saturated heterocycles. The summed E-state index contributed by atoms with van der Waals surface area (Å²) in [4.78, 5) is 17.2. The van der Waals surface area contributed by atoms with Gasteiger partial charge < -0.3 is 14.4 Å². The van der Waals surface area contributed by atoms with Gasteiger partial charge in [-0.2, -0.15) is 0 Å². The number of fused-ring (bicyclic) bond motifs is 2. The lowest BCUT2D eigenvalue weighted by Crippen LogP contribution is -2.48. The Morgan fingerprint density at radius 3 is 2.70 bits per heavy atom. The highest BCUT2D eigenvalue weighted by molar-refractivity contribution is 5.80. The van der Waals surface area contributed by atoms with E-state index in [1.54, 1.807) is 0 Å². The van der Waals surface area contributed by atoms with Gasteiger partial charge >= 0.3 is 0 Å². The van der Waals surface area contributed by atoms with Gasteiger partial charge in [0.15, 0.2) is 0 Å². The molecular formula is C18H24N2O3. The van der Waals surface area contributed by atoms with Crippen LogP contribution in [0.2, 0.25) is 0 Å². The molecule has 2 bridgehead atoms. The van der Waals surface area contributed by atoms with Gasteiger partial charge in [0.05, 0.1) is 31.3 Å². The van der Waals surface area contributed by atoms with E-state index in [9.17, 15) is 4.79 Å². The van der Waals surface area contributed by atoms with Gasteiger partial charge in [-0.15, -0.1) is 0 Å². The molecule has 5 heteroatoms. The molecule has 23 heavy (non-hydrogen) atoms. The third-order valence-electron chi connectivity index (χ3n) is 5.12. The summed E-state index contributed by atoms with van der Waals surface area (Å²) < 4.78 is 11.4. The normalized spacial score (nSPS) is 31.3. The summed E-state index contributed by atoms with van der Waals surface area (Å²) in [7, 11) is 0. The summed E-state index contributed by atoms with van der Waals surface area (Å²) in [5.74, 6) is 0.293. The van der Waals surface area contributed by atoms with E-state index in [0.29, 0.717) is 13.2 Å². The molecule has 5 nitrogen and oxygen atoms in total. The van der Waals surface area contributed by atoms with Gasteiger partial charge in [-0.05, 0) is 12.0 Å². The molecule has 0 spiro atoms. The summed E-state index contributed by atoms with van der Waals surface area (Å²) in [6.07, 6.45) is 1.12. The van der Waals surface area contributed by atoms with Crippen molar-refractivity contribution in [3.8, 4) is 0 Å². The molecule has 3 aliphatic heterocycles. The third kappa shape index (κ3) is 3.27. The summed E-state index contributed by atoms with van der Waals surface area (Å²) in [5.41, 5.74) is 1.32. The van der Waals surface area contributed by atoms with E-state index in [1.807, 2.05) is 11.0 Å². The van der Waals surface area contributed by atoms with Gasteiger partial charge in [0.2, 0.25) is 5.91 Å². The molecule has 4 rings (SSSR count). The largest absolute Gasteiger partial charge is 0.378 e. The molecule has 1 aromatic rings. The van der Waals surface area contributed by atoms with Gasteiger partial charge in [0, 0.05) is 32.7 Å². The SMILES string of the molecule is O=C([C@@H]1C[C@H]2CN(Cc3ccccc3)C[C@@H]1O2)N1CCOCC1. The molecule has 0 saturated carbocycles. The molecule has 3 atom stereocenters. The molecular weight excluding hydrogens is 292 g/mol. The molecule has 3 heterocycles.